The molecule has 0 atom stereocenters. The average molecular weight is 284 g/mol. The fourth-order valence-corrected chi connectivity index (χ4v) is 1.83. The van der Waals surface area contributed by atoms with Crippen LogP contribution in [-0.4, -0.2) is 20.9 Å². The average Bonchev–Trinajstić information content (AvgIpc) is 2.53. The van der Waals surface area contributed by atoms with E-state index in [0.29, 0.717) is 18.8 Å². The predicted molar refractivity (Wildman–Crippen MR) is 63.6 cm³/mol. The molecule has 1 rings (SSSR count). The molecule has 0 unspecified atom stereocenters. The third-order valence-corrected chi connectivity index (χ3v) is 2.75. The monoisotopic (exact) mass is 283 g/mol. The van der Waals surface area contributed by atoms with Crippen molar-refractivity contribution in [2.75, 3.05) is 0 Å². The fourth-order valence-electron chi connectivity index (χ4n) is 1.63. The molecule has 0 spiro atoms. The minimum atomic E-state index is -4.09. The lowest BCUT2D eigenvalue weighted by molar-refractivity contribution is -0.135. The number of alkyl halides is 3. The maximum absolute atomic E-state index is 12.0. The van der Waals surface area contributed by atoms with Gasteiger partial charge in [0.15, 0.2) is 0 Å². The SMILES string of the molecule is CC(C)(C)c1nnc(Cl)n1CCCCC(F)(F)F. The molecule has 18 heavy (non-hydrogen) atoms. The van der Waals surface area contributed by atoms with E-state index >= 15 is 0 Å². The molecule has 0 saturated heterocycles. The molecule has 0 aromatic carbocycles. The van der Waals surface area contributed by atoms with Crippen LogP contribution in [-0.2, 0) is 12.0 Å². The van der Waals surface area contributed by atoms with Crippen molar-refractivity contribution in [3.8, 4) is 0 Å². The molecular formula is C11H17ClF3N3. The highest BCUT2D eigenvalue weighted by Gasteiger charge is 2.26. The summed E-state index contributed by atoms with van der Waals surface area (Å²) in [6, 6.07) is 0. The maximum atomic E-state index is 12.0. The van der Waals surface area contributed by atoms with Gasteiger partial charge in [-0.05, 0) is 24.4 Å². The summed E-state index contributed by atoms with van der Waals surface area (Å²) in [4.78, 5) is 0. The Bertz CT molecular complexity index is 393. The lowest BCUT2D eigenvalue weighted by Crippen LogP contribution is -2.19. The summed E-state index contributed by atoms with van der Waals surface area (Å²) < 4.78 is 37.7. The summed E-state index contributed by atoms with van der Waals surface area (Å²) in [6.45, 7) is 6.28. The van der Waals surface area contributed by atoms with Crippen LogP contribution in [0.3, 0.4) is 0 Å². The highest BCUT2D eigenvalue weighted by molar-refractivity contribution is 6.28. The Labute approximate surface area is 109 Å². The predicted octanol–water partition coefficient (Wildman–Crippen LogP) is 3.96. The largest absolute Gasteiger partial charge is 0.389 e. The molecule has 1 aromatic heterocycles. The quantitative estimate of drug-likeness (QED) is 0.783. The fraction of sp³-hybridized carbons (Fsp3) is 0.818. The standard InChI is InChI=1S/C11H17ClF3N3/c1-10(2,3)8-16-17-9(12)18(8)7-5-4-6-11(13,14)15/h4-7H2,1-3H3. The summed E-state index contributed by atoms with van der Waals surface area (Å²) >= 11 is 5.89. The third kappa shape index (κ3) is 4.48. The van der Waals surface area contributed by atoms with E-state index in [4.69, 9.17) is 11.6 Å². The minimum absolute atomic E-state index is 0.0849. The number of rotatable bonds is 4. The third-order valence-electron chi connectivity index (χ3n) is 2.47. The zero-order valence-electron chi connectivity index (χ0n) is 10.7. The van der Waals surface area contributed by atoms with E-state index in [1.165, 1.54) is 0 Å². The van der Waals surface area contributed by atoms with Crippen molar-refractivity contribution < 1.29 is 13.2 Å². The molecule has 0 radical (unpaired) electrons. The van der Waals surface area contributed by atoms with Gasteiger partial charge in [-0.25, -0.2) is 0 Å². The smallest absolute Gasteiger partial charge is 0.301 e. The Kier molecular flexibility index (Phi) is 4.64. The van der Waals surface area contributed by atoms with Gasteiger partial charge in [-0.3, -0.25) is 0 Å². The number of hydrogen-bond donors (Lipinski definition) is 0. The normalized spacial score (nSPS) is 13.1. The molecule has 0 N–H and O–H groups in total. The molecule has 0 fully saturated rings. The summed E-state index contributed by atoms with van der Waals surface area (Å²) in [5.41, 5.74) is -0.232. The van der Waals surface area contributed by atoms with E-state index in [9.17, 15) is 13.2 Å². The van der Waals surface area contributed by atoms with Crippen molar-refractivity contribution >= 4 is 11.6 Å². The molecule has 7 heteroatoms. The highest BCUT2D eigenvalue weighted by atomic mass is 35.5. The first kappa shape index (κ1) is 15.3. The molecule has 1 aromatic rings. The Balaban J connectivity index is 2.60. The van der Waals surface area contributed by atoms with Crippen molar-refractivity contribution in [1.29, 1.82) is 0 Å². The van der Waals surface area contributed by atoms with Crippen LogP contribution in [0.1, 0.15) is 45.9 Å². The van der Waals surface area contributed by atoms with Gasteiger partial charge in [0.25, 0.3) is 0 Å². The van der Waals surface area contributed by atoms with Crippen LogP contribution in [0.5, 0.6) is 0 Å². The van der Waals surface area contributed by atoms with E-state index in [0.717, 1.165) is 0 Å². The number of aromatic nitrogens is 3. The summed E-state index contributed by atoms with van der Waals surface area (Å²) in [6.07, 6.45) is -4.37. The van der Waals surface area contributed by atoms with E-state index in [-0.39, 0.29) is 17.1 Å². The molecular weight excluding hydrogens is 267 g/mol. The van der Waals surface area contributed by atoms with Gasteiger partial charge in [0, 0.05) is 18.4 Å². The topological polar surface area (TPSA) is 30.7 Å². The molecule has 0 aliphatic rings. The van der Waals surface area contributed by atoms with E-state index in [2.05, 4.69) is 10.2 Å². The van der Waals surface area contributed by atoms with Crippen molar-refractivity contribution in [1.82, 2.24) is 14.8 Å². The van der Waals surface area contributed by atoms with Gasteiger partial charge >= 0.3 is 6.18 Å². The second-order valence-electron chi connectivity index (χ2n) is 5.27. The van der Waals surface area contributed by atoms with Gasteiger partial charge in [0.2, 0.25) is 5.28 Å². The molecule has 0 bridgehead atoms. The number of halogens is 4. The maximum Gasteiger partial charge on any atom is 0.389 e. The molecule has 104 valence electrons. The van der Waals surface area contributed by atoms with Crippen LogP contribution in [0.15, 0.2) is 0 Å². The zero-order valence-corrected chi connectivity index (χ0v) is 11.4. The lowest BCUT2D eigenvalue weighted by Gasteiger charge is -2.19. The van der Waals surface area contributed by atoms with E-state index < -0.39 is 12.6 Å². The van der Waals surface area contributed by atoms with Crippen LogP contribution in [0.2, 0.25) is 5.28 Å². The Hall–Kier alpha value is -0.780. The minimum Gasteiger partial charge on any atom is -0.301 e. The Morgan fingerprint density at radius 1 is 1.11 bits per heavy atom. The Morgan fingerprint density at radius 2 is 1.72 bits per heavy atom. The van der Waals surface area contributed by atoms with Gasteiger partial charge in [-0.2, -0.15) is 13.2 Å². The van der Waals surface area contributed by atoms with Crippen LogP contribution < -0.4 is 0 Å². The second-order valence-corrected chi connectivity index (χ2v) is 5.60. The van der Waals surface area contributed by atoms with Crippen LogP contribution in [0.4, 0.5) is 13.2 Å². The van der Waals surface area contributed by atoms with Gasteiger partial charge in [-0.1, -0.05) is 20.8 Å². The van der Waals surface area contributed by atoms with Crippen LogP contribution in [0, 0.1) is 0 Å². The van der Waals surface area contributed by atoms with Crippen molar-refractivity contribution in [3.05, 3.63) is 11.1 Å². The van der Waals surface area contributed by atoms with Crippen LogP contribution >= 0.6 is 11.6 Å². The van der Waals surface area contributed by atoms with Crippen LogP contribution in [0.25, 0.3) is 0 Å². The Morgan fingerprint density at radius 3 is 2.22 bits per heavy atom. The van der Waals surface area contributed by atoms with Crippen molar-refractivity contribution in [2.24, 2.45) is 0 Å². The van der Waals surface area contributed by atoms with Gasteiger partial charge in [0.05, 0.1) is 0 Å². The summed E-state index contributed by atoms with van der Waals surface area (Å²) in [7, 11) is 0. The number of hydrogen-bond acceptors (Lipinski definition) is 2. The first-order valence-electron chi connectivity index (χ1n) is 5.77. The number of unbranched alkanes of at least 4 members (excludes halogenated alkanes) is 1. The molecule has 0 aliphatic carbocycles. The zero-order chi connectivity index (χ0) is 14.0. The molecule has 0 aliphatic heterocycles. The van der Waals surface area contributed by atoms with Crippen molar-refractivity contribution in [3.63, 3.8) is 0 Å². The molecule has 0 amide bonds. The van der Waals surface area contributed by atoms with Gasteiger partial charge < -0.3 is 4.57 Å². The molecule has 1 heterocycles. The summed E-state index contributed by atoms with van der Waals surface area (Å²) in [5, 5.41) is 7.97. The van der Waals surface area contributed by atoms with Gasteiger partial charge in [-0.15, -0.1) is 10.2 Å². The molecule has 3 nitrogen and oxygen atoms in total. The first-order valence-corrected chi connectivity index (χ1v) is 6.15. The number of nitrogens with zero attached hydrogens (tertiary/aromatic N) is 3. The second kappa shape index (κ2) is 5.47. The van der Waals surface area contributed by atoms with E-state index in [1.807, 2.05) is 20.8 Å². The lowest BCUT2D eigenvalue weighted by atomic mass is 9.95. The highest BCUT2D eigenvalue weighted by Crippen LogP contribution is 2.25. The van der Waals surface area contributed by atoms with E-state index in [1.54, 1.807) is 4.57 Å². The summed E-state index contributed by atoms with van der Waals surface area (Å²) in [5.74, 6) is 0.694. The molecule has 0 saturated carbocycles. The van der Waals surface area contributed by atoms with Crippen molar-refractivity contribution in [2.45, 2.75) is 58.2 Å². The van der Waals surface area contributed by atoms with Gasteiger partial charge in [0.1, 0.15) is 5.82 Å². The first-order chi connectivity index (χ1) is 8.11.